The van der Waals surface area contributed by atoms with Crippen molar-refractivity contribution in [1.29, 1.82) is 0 Å². The molecule has 2 aliphatic carbocycles. The average molecular weight is 463 g/mol. The lowest BCUT2D eigenvalue weighted by atomic mass is 9.90. The van der Waals surface area contributed by atoms with Gasteiger partial charge >= 0.3 is 6.03 Å². The quantitative estimate of drug-likeness (QED) is 0.615. The third kappa shape index (κ3) is 4.28. The Labute approximate surface area is 187 Å². The smallest absolute Gasteiger partial charge is 0.354 e. The van der Waals surface area contributed by atoms with Crippen LogP contribution in [0.2, 0.25) is 0 Å². The van der Waals surface area contributed by atoms with Crippen LogP contribution in [0.1, 0.15) is 74.0 Å². The number of fused-ring (bicyclic) bond motifs is 2. The Hall–Kier alpha value is -1.81. The van der Waals surface area contributed by atoms with Gasteiger partial charge in [-0.1, -0.05) is 20.8 Å². The maximum atomic E-state index is 13.1. The number of aromatic nitrogens is 1. The number of nitrogens with two attached hydrogens (primary N) is 1. The molecule has 0 radical (unpaired) electrons. The normalized spacial score (nSPS) is 19.4. The Morgan fingerprint density at radius 3 is 2.90 bits per heavy atom. The standard InChI is InChI=1S/C22H30N4O3S2/c1-13(8-10-27)14-11-18(30-12-14)31(23,29)26-21(28)25-19-15-5-4-6-17(15)24-20-16(19)7-9-22(20,2)3/h11-13,27H,4-10H2,1-3H3,(H3,23,24,25,26,28,29)/t13-,31?/m0/s1. The van der Waals surface area contributed by atoms with E-state index in [1.807, 2.05) is 12.3 Å². The second-order valence-corrected chi connectivity index (χ2v) is 12.1. The number of pyridine rings is 1. The molecule has 0 saturated heterocycles. The Morgan fingerprint density at radius 2 is 2.16 bits per heavy atom. The Balaban J connectivity index is 1.64. The van der Waals surface area contributed by atoms with Gasteiger partial charge in [-0.05, 0) is 72.6 Å². The van der Waals surface area contributed by atoms with Crippen LogP contribution in [0, 0.1) is 0 Å². The van der Waals surface area contributed by atoms with Gasteiger partial charge in [0.15, 0.2) is 9.92 Å². The number of nitrogens with one attached hydrogen (secondary N) is 1. The van der Waals surface area contributed by atoms with Crippen molar-refractivity contribution in [2.24, 2.45) is 9.50 Å². The molecule has 0 aliphatic heterocycles. The van der Waals surface area contributed by atoms with Crippen LogP contribution in [0.3, 0.4) is 0 Å². The van der Waals surface area contributed by atoms with Crippen LogP contribution in [-0.2, 0) is 34.6 Å². The third-order valence-corrected chi connectivity index (χ3v) is 9.31. The fraction of sp³-hybridized carbons (Fsp3) is 0.545. The Bertz CT molecular complexity index is 1150. The van der Waals surface area contributed by atoms with E-state index in [9.17, 15) is 9.00 Å². The summed E-state index contributed by atoms with van der Waals surface area (Å²) in [5.41, 5.74) is 5.99. The summed E-state index contributed by atoms with van der Waals surface area (Å²) in [6.07, 6.45) is 5.25. The topological polar surface area (TPSA) is 118 Å². The molecule has 168 valence electrons. The highest BCUT2D eigenvalue weighted by Gasteiger charge is 2.36. The highest BCUT2D eigenvalue weighted by atomic mass is 32.2. The minimum Gasteiger partial charge on any atom is -0.396 e. The average Bonchev–Trinajstić information content (AvgIpc) is 3.41. The summed E-state index contributed by atoms with van der Waals surface area (Å²) in [5.74, 6) is 0.115. The largest absolute Gasteiger partial charge is 0.396 e. The number of thiophene rings is 1. The van der Waals surface area contributed by atoms with Crippen molar-refractivity contribution in [2.75, 3.05) is 11.9 Å². The van der Waals surface area contributed by atoms with E-state index in [4.69, 9.17) is 15.2 Å². The molecule has 31 heavy (non-hydrogen) atoms. The Kier molecular flexibility index (Phi) is 5.97. The maximum absolute atomic E-state index is 13.1. The highest BCUT2D eigenvalue weighted by molar-refractivity contribution is 7.93. The maximum Gasteiger partial charge on any atom is 0.354 e. The second kappa shape index (κ2) is 8.27. The summed E-state index contributed by atoms with van der Waals surface area (Å²) >= 11 is 1.23. The second-order valence-electron chi connectivity index (χ2n) is 9.18. The van der Waals surface area contributed by atoms with Crippen LogP contribution in [0.5, 0.6) is 0 Å². The molecule has 2 atom stereocenters. The number of carbonyl (C=O) groups is 1. The number of urea groups is 1. The number of aliphatic hydroxyl groups excluding tert-OH is 1. The van der Waals surface area contributed by atoms with Gasteiger partial charge in [-0.2, -0.15) is 0 Å². The number of hydrogen-bond donors (Lipinski definition) is 3. The fourth-order valence-corrected chi connectivity index (χ4v) is 6.78. The number of aryl methyl sites for hydroxylation is 1. The lowest BCUT2D eigenvalue weighted by Crippen LogP contribution is -2.19. The molecule has 2 amide bonds. The molecule has 0 aromatic carbocycles. The monoisotopic (exact) mass is 462 g/mol. The van der Waals surface area contributed by atoms with Gasteiger partial charge in [0.05, 0.1) is 11.4 Å². The predicted molar refractivity (Wildman–Crippen MR) is 124 cm³/mol. The van der Waals surface area contributed by atoms with Crippen LogP contribution in [0.15, 0.2) is 20.0 Å². The van der Waals surface area contributed by atoms with Crippen molar-refractivity contribution in [3.63, 3.8) is 0 Å². The summed E-state index contributed by atoms with van der Waals surface area (Å²) in [6.45, 7) is 6.43. The lowest BCUT2D eigenvalue weighted by Gasteiger charge is -2.20. The number of aliphatic hydroxyl groups is 1. The molecule has 7 nitrogen and oxygen atoms in total. The van der Waals surface area contributed by atoms with E-state index in [-0.39, 0.29) is 17.9 Å². The molecule has 9 heteroatoms. The molecule has 2 aromatic heterocycles. The van der Waals surface area contributed by atoms with Crippen LogP contribution in [0.25, 0.3) is 0 Å². The first kappa shape index (κ1) is 22.4. The molecular weight excluding hydrogens is 432 g/mol. The number of hydrogen-bond acceptors (Lipinski definition) is 5. The zero-order chi connectivity index (χ0) is 22.4. The molecule has 4 N–H and O–H groups in total. The van der Waals surface area contributed by atoms with Crippen LogP contribution in [-0.4, -0.2) is 26.9 Å². The summed E-state index contributed by atoms with van der Waals surface area (Å²) < 4.78 is 17.3. The van der Waals surface area contributed by atoms with E-state index in [0.29, 0.717) is 10.6 Å². The number of amides is 2. The predicted octanol–water partition coefficient (Wildman–Crippen LogP) is 4.27. The first-order valence-corrected chi connectivity index (χ1v) is 13.2. The van der Waals surface area contributed by atoms with Gasteiger partial charge in [-0.15, -0.1) is 15.7 Å². The van der Waals surface area contributed by atoms with Gasteiger partial charge in [-0.25, -0.2) is 14.1 Å². The Morgan fingerprint density at radius 1 is 1.39 bits per heavy atom. The van der Waals surface area contributed by atoms with Crippen molar-refractivity contribution in [2.45, 2.75) is 74.8 Å². The van der Waals surface area contributed by atoms with Gasteiger partial charge in [-0.3, -0.25) is 4.98 Å². The third-order valence-electron chi connectivity index (χ3n) is 6.43. The van der Waals surface area contributed by atoms with Crippen LogP contribution < -0.4 is 10.5 Å². The summed E-state index contributed by atoms with van der Waals surface area (Å²) in [4.78, 5) is 17.8. The number of anilines is 1. The fourth-order valence-electron chi connectivity index (χ4n) is 4.53. The van der Waals surface area contributed by atoms with Crippen molar-refractivity contribution in [3.05, 3.63) is 39.5 Å². The van der Waals surface area contributed by atoms with Gasteiger partial charge in [0.1, 0.15) is 4.21 Å². The van der Waals surface area contributed by atoms with Gasteiger partial charge in [0.25, 0.3) is 0 Å². The number of rotatable bonds is 5. The minimum atomic E-state index is -3.35. The van der Waals surface area contributed by atoms with Crippen molar-refractivity contribution in [1.82, 2.24) is 4.98 Å². The molecule has 1 unspecified atom stereocenters. The molecular formula is C22H30N4O3S2. The minimum absolute atomic E-state index is 0.0242. The summed E-state index contributed by atoms with van der Waals surface area (Å²) in [7, 11) is -3.35. The van der Waals surface area contributed by atoms with Crippen LogP contribution >= 0.6 is 11.3 Å². The lowest BCUT2D eigenvalue weighted by molar-refractivity contribution is 0.260. The van der Waals surface area contributed by atoms with Crippen LogP contribution in [0.4, 0.5) is 10.5 Å². The highest BCUT2D eigenvalue weighted by Crippen LogP contribution is 2.44. The van der Waals surface area contributed by atoms with Crippen molar-refractivity contribution < 1.29 is 14.1 Å². The molecule has 0 fully saturated rings. The number of nitrogens with zero attached hydrogens (tertiary/aromatic N) is 2. The zero-order valence-corrected chi connectivity index (χ0v) is 19.9. The van der Waals surface area contributed by atoms with E-state index in [1.165, 1.54) is 11.3 Å². The van der Waals surface area contributed by atoms with E-state index in [2.05, 4.69) is 23.5 Å². The molecule has 2 heterocycles. The first-order chi connectivity index (χ1) is 14.6. The van der Waals surface area contributed by atoms with Gasteiger partial charge < -0.3 is 10.4 Å². The van der Waals surface area contributed by atoms with Crippen molar-refractivity contribution >= 4 is 33.0 Å². The molecule has 4 rings (SSSR count). The molecule has 2 aromatic rings. The van der Waals surface area contributed by atoms with E-state index < -0.39 is 15.9 Å². The van der Waals surface area contributed by atoms with E-state index >= 15 is 0 Å². The zero-order valence-electron chi connectivity index (χ0n) is 18.2. The SMILES string of the molecule is C[C@@H](CCO)c1csc(S(N)(=O)=NC(=O)Nc2c3c(nc4c2CCC4(C)C)CCC3)c1. The van der Waals surface area contributed by atoms with Crippen molar-refractivity contribution in [3.8, 4) is 0 Å². The van der Waals surface area contributed by atoms with Gasteiger partial charge in [0, 0.05) is 17.7 Å². The van der Waals surface area contributed by atoms with E-state index in [1.54, 1.807) is 6.07 Å². The molecule has 0 spiro atoms. The summed E-state index contributed by atoms with van der Waals surface area (Å²) in [5, 5.41) is 19.9. The van der Waals surface area contributed by atoms with E-state index in [0.717, 1.165) is 65.9 Å². The number of carbonyl (C=O) groups excluding carboxylic acids is 1. The molecule has 0 bridgehead atoms. The van der Waals surface area contributed by atoms with Gasteiger partial charge in [0.2, 0.25) is 0 Å². The molecule has 0 saturated carbocycles. The molecule has 2 aliphatic rings. The first-order valence-electron chi connectivity index (χ1n) is 10.7. The summed E-state index contributed by atoms with van der Waals surface area (Å²) in [6, 6.07) is 1.05.